The molecule has 0 saturated heterocycles. The summed E-state index contributed by atoms with van der Waals surface area (Å²) < 4.78 is 1.72. The molecule has 1 heterocycles. The van der Waals surface area contributed by atoms with Crippen molar-refractivity contribution >= 4 is 17.5 Å². The molecule has 3 N–H and O–H groups in total. The number of benzene rings is 1. The van der Waals surface area contributed by atoms with Crippen LogP contribution in [0.15, 0.2) is 24.3 Å². The molecule has 25 heavy (non-hydrogen) atoms. The summed E-state index contributed by atoms with van der Waals surface area (Å²) in [7, 11) is 0. The maximum Gasteiger partial charge on any atom is 0.291 e. The van der Waals surface area contributed by atoms with E-state index in [-0.39, 0.29) is 17.3 Å². The molecule has 7 heteroatoms. The van der Waals surface area contributed by atoms with E-state index >= 15 is 0 Å². The van der Waals surface area contributed by atoms with Crippen LogP contribution in [-0.2, 0) is 0 Å². The molecule has 132 valence electrons. The Hall–Kier alpha value is -1.92. The first-order chi connectivity index (χ1) is 12.1. The van der Waals surface area contributed by atoms with E-state index in [2.05, 4.69) is 15.4 Å². The number of hydrogen-bond donors (Lipinski definition) is 2. The van der Waals surface area contributed by atoms with Gasteiger partial charge in [0.1, 0.15) is 5.82 Å². The quantitative estimate of drug-likeness (QED) is 0.859. The van der Waals surface area contributed by atoms with Crippen molar-refractivity contribution in [2.24, 2.45) is 5.73 Å². The zero-order valence-corrected chi connectivity index (χ0v) is 14.8. The van der Waals surface area contributed by atoms with Crippen molar-refractivity contribution in [1.82, 2.24) is 20.1 Å². The molecule has 0 bridgehead atoms. The summed E-state index contributed by atoms with van der Waals surface area (Å²) in [6, 6.07) is 7.49. The van der Waals surface area contributed by atoms with Gasteiger partial charge in [0.15, 0.2) is 0 Å². The first-order valence-electron chi connectivity index (χ1n) is 8.86. The van der Waals surface area contributed by atoms with E-state index in [1.165, 1.54) is 0 Å². The molecule has 0 aliphatic heterocycles. The fraction of sp³-hybridized carbons (Fsp3) is 0.500. The zero-order valence-electron chi connectivity index (χ0n) is 14.0. The molecular formula is C18H22ClN5O. The summed E-state index contributed by atoms with van der Waals surface area (Å²) in [4.78, 5) is 17.3. The van der Waals surface area contributed by atoms with Gasteiger partial charge in [-0.25, -0.2) is 9.67 Å². The molecule has 0 unspecified atom stereocenters. The lowest BCUT2D eigenvalue weighted by atomic mass is 9.98. The van der Waals surface area contributed by atoms with E-state index < -0.39 is 0 Å². The first-order valence-corrected chi connectivity index (χ1v) is 9.24. The number of aromatic nitrogens is 3. The third-order valence-electron chi connectivity index (χ3n) is 5.19. The van der Waals surface area contributed by atoms with Crippen LogP contribution < -0.4 is 11.1 Å². The molecule has 2 saturated carbocycles. The lowest BCUT2D eigenvalue weighted by Crippen LogP contribution is -2.51. The average Bonchev–Trinajstić information content (AvgIpc) is 3.19. The number of halogens is 1. The van der Waals surface area contributed by atoms with Gasteiger partial charge in [-0.3, -0.25) is 4.79 Å². The predicted molar refractivity (Wildman–Crippen MR) is 96.1 cm³/mol. The SMILES string of the molecule is NCC1(NC(=O)c2nc(C3CC3)n(-c3ccccc3Cl)n2)CCCC1. The summed E-state index contributed by atoms with van der Waals surface area (Å²) in [5.41, 5.74) is 6.36. The first kappa shape index (κ1) is 16.5. The highest BCUT2D eigenvalue weighted by Crippen LogP contribution is 2.40. The maximum atomic E-state index is 12.8. The molecule has 0 spiro atoms. The second-order valence-electron chi connectivity index (χ2n) is 7.08. The minimum atomic E-state index is -0.313. The van der Waals surface area contributed by atoms with E-state index in [1.54, 1.807) is 4.68 Å². The van der Waals surface area contributed by atoms with Crippen LogP contribution in [0, 0.1) is 0 Å². The monoisotopic (exact) mass is 359 g/mol. The molecule has 2 aromatic rings. The van der Waals surface area contributed by atoms with Crippen LogP contribution in [0.1, 0.15) is 60.9 Å². The van der Waals surface area contributed by atoms with Gasteiger partial charge < -0.3 is 11.1 Å². The Morgan fingerprint density at radius 1 is 1.32 bits per heavy atom. The highest BCUT2D eigenvalue weighted by Gasteiger charge is 2.36. The van der Waals surface area contributed by atoms with Crippen LogP contribution in [-0.4, -0.2) is 32.8 Å². The summed E-state index contributed by atoms with van der Waals surface area (Å²) in [5.74, 6) is 1.10. The number of nitrogens with two attached hydrogens (primary N) is 1. The fourth-order valence-corrected chi connectivity index (χ4v) is 3.77. The second-order valence-corrected chi connectivity index (χ2v) is 7.48. The van der Waals surface area contributed by atoms with E-state index in [0.717, 1.165) is 50.0 Å². The molecule has 4 rings (SSSR count). The lowest BCUT2D eigenvalue weighted by molar-refractivity contribution is 0.0892. The molecule has 1 aromatic carbocycles. The molecular weight excluding hydrogens is 338 g/mol. The van der Waals surface area contributed by atoms with Crippen molar-refractivity contribution in [3.63, 3.8) is 0 Å². The number of carbonyl (C=O) groups excluding carboxylic acids is 1. The van der Waals surface area contributed by atoms with E-state index in [0.29, 0.717) is 17.5 Å². The molecule has 0 radical (unpaired) electrons. The Bertz CT molecular complexity index is 793. The molecule has 2 aliphatic rings. The maximum absolute atomic E-state index is 12.8. The van der Waals surface area contributed by atoms with Gasteiger partial charge in [-0.1, -0.05) is 36.6 Å². The van der Waals surface area contributed by atoms with Crippen LogP contribution in [0.4, 0.5) is 0 Å². The highest BCUT2D eigenvalue weighted by molar-refractivity contribution is 6.32. The minimum Gasteiger partial charge on any atom is -0.343 e. The Balaban J connectivity index is 1.66. The van der Waals surface area contributed by atoms with Gasteiger partial charge in [-0.2, -0.15) is 0 Å². The van der Waals surface area contributed by atoms with Gasteiger partial charge in [0.2, 0.25) is 5.82 Å². The van der Waals surface area contributed by atoms with Crippen molar-refractivity contribution in [1.29, 1.82) is 0 Å². The van der Waals surface area contributed by atoms with Crippen molar-refractivity contribution in [2.45, 2.75) is 50.0 Å². The second kappa shape index (κ2) is 6.42. The van der Waals surface area contributed by atoms with Gasteiger partial charge in [-0.15, -0.1) is 5.10 Å². The topological polar surface area (TPSA) is 85.8 Å². The third kappa shape index (κ3) is 3.16. The van der Waals surface area contributed by atoms with Crippen LogP contribution >= 0.6 is 11.6 Å². The molecule has 0 atom stereocenters. The van der Waals surface area contributed by atoms with Crippen molar-refractivity contribution < 1.29 is 4.79 Å². The largest absolute Gasteiger partial charge is 0.343 e. The molecule has 1 amide bonds. The Labute approximate surface area is 151 Å². The Kier molecular flexibility index (Phi) is 4.25. The van der Waals surface area contributed by atoms with Crippen LogP contribution in [0.3, 0.4) is 0 Å². The lowest BCUT2D eigenvalue weighted by Gasteiger charge is -2.27. The number of amides is 1. The predicted octanol–water partition coefficient (Wildman–Crippen LogP) is 2.80. The van der Waals surface area contributed by atoms with Gasteiger partial charge >= 0.3 is 0 Å². The zero-order chi connectivity index (χ0) is 17.4. The van der Waals surface area contributed by atoms with E-state index in [4.69, 9.17) is 17.3 Å². The highest BCUT2D eigenvalue weighted by atomic mass is 35.5. The van der Waals surface area contributed by atoms with Gasteiger partial charge in [-0.05, 0) is 37.8 Å². The summed E-state index contributed by atoms with van der Waals surface area (Å²) in [6.07, 6.45) is 6.14. The smallest absolute Gasteiger partial charge is 0.291 e. The normalized spacial score (nSPS) is 19.1. The Morgan fingerprint density at radius 3 is 2.68 bits per heavy atom. The van der Waals surface area contributed by atoms with Crippen LogP contribution in [0.5, 0.6) is 0 Å². The number of rotatable bonds is 5. The number of hydrogen-bond acceptors (Lipinski definition) is 4. The fourth-order valence-electron chi connectivity index (χ4n) is 3.56. The summed E-state index contributed by atoms with van der Waals surface area (Å²) in [6.45, 7) is 0.444. The number of nitrogens with zero attached hydrogens (tertiary/aromatic N) is 3. The van der Waals surface area contributed by atoms with Crippen molar-refractivity contribution in [3.05, 3.63) is 40.9 Å². The van der Waals surface area contributed by atoms with Gasteiger partial charge in [0, 0.05) is 12.5 Å². The number of carbonyl (C=O) groups is 1. The van der Waals surface area contributed by atoms with Gasteiger partial charge in [0.05, 0.1) is 16.2 Å². The Morgan fingerprint density at radius 2 is 2.04 bits per heavy atom. The standard InChI is InChI=1S/C18H22ClN5O/c19-13-5-1-2-6-14(13)24-16(12-7-8-12)21-15(23-24)17(25)22-18(11-20)9-3-4-10-18/h1-2,5-6,12H,3-4,7-11,20H2,(H,22,25). The van der Waals surface area contributed by atoms with Crippen LogP contribution in [0.2, 0.25) is 5.02 Å². The molecule has 2 fully saturated rings. The summed E-state index contributed by atoms with van der Waals surface area (Å²) >= 11 is 6.32. The molecule has 1 aromatic heterocycles. The minimum absolute atomic E-state index is 0.196. The molecule has 6 nitrogen and oxygen atoms in total. The molecule has 2 aliphatic carbocycles. The number of para-hydroxylation sites is 1. The van der Waals surface area contributed by atoms with Gasteiger partial charge in [0.25, 0.3) is 5.91 Å². The van der Waals surface area contributed by atoms with Crippen molar-refractivity contribution in [3.8, 4) is 5.69 Å². The van der Waals surface area contributed by atoms with E-state index in [1.807, 2.05) is 24.3 Å². The number of nitrogens with one attached hydrogen (secondary N) is 1. The third-order valence-corrected chi connectivity index (χ3v) is 5.51. The van der Waals surface area contributed by atoms with E-state index in [9.17, 15) is 4.79 Å². The summed E-state index contributed by atoms with van der Waals surface area (Å²) in [5, 5.41) is 8.16. The van der Waals surface area contributed by atoms with Crippen molar-refractivity contribution in [2.75, 3.05) is 6.54 Å². The average molecular weight is 360 g/mol. The van der Waals surface area contributed by atoms with Crippen LogP contribution in [0.25, 0.3) is 5.69 Å².